The summed E-state index contributed by atoms with van der Waals surface area (Å²) in [6.45, 7) is 0.746. The summed E-state index contributed by atoms with van der Waals surface area (Å²) in [6.07, 6.45) is 1.46. The first-order valence-corrected chi connectivity index (χ1v) is 9.91. The summed E-state index contributed by atoms with van der Waals surface area (Å²) < 4.78 is 1.98. The molecule has 0 saturated carbocycles. The summed E-state index contributed by atoms with van der Waals surface area (Å²) >= 11 is 11.2. The van der Waals surface area contributed by atoms with E-state index in [-0.39, 0.29) is 18.4 Å². The molecule has 9 heteroatoms. The standard InChI is InChI=1S/C20H18ClN5O2S/c21-14-5-3-13(4-6-14)19-23-24-20(29)26(19)12-17(27)22-15-7-9-16(10-8-15)25-11-1-2-18(25)28/h3-10H,1-2,11-12H2,(H,22,27)(H,24,29). The number of anilines is 2. The van der Waals surface area contributed by atoms with Crippen LogP contribution in [0.4, 0.5) is 11.4 Å². The Labute approximate surface area is 177 Å². The quantitative estimate of drug-likeness (QED) is 0.602. The van der Waals surface area contributed by atoms with Crippen molar-refractivity contribution in [2.45, 2.75) is 19.4 Å². The zero-order chi connectivity index (χ0) is 20.4. The second kappa shape index (κ2) is 8.18. The molecule has 0 unspecified atom stereocenters. The fraction of sp³-hybridized carbons (Fsp3) is 0.200. The predicted molar refractivity (Wildman–Crippen MR) is 115 cm³/mol. The molecular weight excluding hydrogens is 410 g/mol. The van der Waals surface area contributed by atoms with E-state index in [2.05, 4.69) is 15.5 Å². The number of hydrogen-bond acceptors (Lipinski definition) is 4. The first kappa shape index (κ1) is 19.4. The van der Waals surface area contributed by atoms with Crippen LogP contribution in [-0.2, 0) is 16.1 Å². The van der Waals surface area contributed by atoms with Crippen LogP contribution in [0.25, 0.3) is 11.4 Å². The first-order valence-electron chi connectivity index (χ1n) is 9.13. The molecule has 0 atom stereocenters. The highest BCUT2D eigenvalue weighted by atomic mass is 35.5. The number of halogens is 1. The third-order valence-corrected chi connectivity index (χ3v) is 5.26. The lowest BCUT2D eigenvalue weighted by molar-refractivity contribution is -0.117. The zero-order valence-electron chi connectivity index (χ0n) is 15.4. The number of H-pyrrole nitrogens is 1. The highest BCUT2D eigenvalue weighted by Gasteiger charge is 2.21. The van der Waals surface area contributed by atoms with Gasteiger partial charge in [-0.25, -0.2) is 0 Å². The van der Waals surface area contributed by atoms with Gasteiger partial charge in [-0.2, -0.15) is 5.10 Å². The van der Waals surface area contributed by atoms with Crippen molar-refractivity contribution in [3.63, 3.8) is 0 Å². The van der Waals surface area contributed by atoms with Gasteiger partial charge in [0.15, 0.2) is 10.6 Å². The van der Waals surface area contributed by atoms with Gasteiger partial charge in [-0.15, -0.1) is 0 Å². The number of aromatic amines is 1. The van der Waals surface area contributed by atoms with E-state index in [0.29, 0.717) is 27.7 Å². The summed E-state index contributed by atoms with van der Waals surface area (Å²) in [7, 11) is 0. The van der Waals surface area contributed by atoms with Crippen LogP contribution in [0.2, 0.25) is 5.02 Å². The van der Waals surface area contributed by atoms with E-state index >= 15 is 0 Å². The maximum absolute atomic E-state index is 12.6. The molecule has 2 aromatic carbocycles. The van der Waals surface area contributed by atoms with E-state index in [1.165, 1.54) is 0 Å². The zero-order valence-corrected chi connectivity index (χ0v) is 17.0. The van der Waals surface area contributed by atoms with Gasteiger partial charge in [0.1, 0.15) is 6.54 Å². The largest absolute Gasteiger partial charge is 0.325 e. The van der Waals surface area contributed by atoms with Gasteiger partial charge in [0.05, 0.1) is 0 Å². The van der Waals surface area contributed by atoms with Crippen molar-refractivity contribution in [1.82, 2.24) is 14.8 Å². The topological polar surface area (TPSA) is 83.0 Å². The molecule has 0 bridgehead atoms. The second-order valence-corrected chi connectivity index (χ2v) is 7.51. The molecule has 0 spiro atoms. The molecule has 1 aliphatic rings. The monoisotopic (exact) mass is 427 g/mol. The number of aromatic nitrogens is 3. The molecule has 29 heavy (non-hydrogen) atoms. The molecule has 1 saturated heterocycles. The second-order valence-electron chi connectivity index (χ2n) is 6.69. The number of hydrogen-bond donors (Lipinski definition) is 2. The van der Waals surface area contributed by atoms with Crippen LogP contribution in [0, 0.1) is 4.77 Å². The van der Waals surface area contributed by atoms with Crippen LogP contribution < -0.4 is 10.2 Å². The molecule has 3 aromatic rings. The Bertz CT molecular complexity index is 1110. The lowest BCUT2D eigenvalue weighted by Crippen LogP contribution is -2.23. The van der Waals surface area contributed by atoms with Crippen molar-refractivity contribution in [3.05, 3.63) is 58.3 Å². The van der Waals surface area contributed by atoms with Crippen LogP contribution in [0.15, 0.2) is 48.5 Å². The molecule has 1 aliphatic heterocycles. The number of carbonyl (C=O) groups excluding carboxylic acids is 2. The Kier molecular flexibility index (Phi) is 5.46. The maximum atomic E-state index is 12.6. The average Bonchev–Trinajstić information content (AvgIpc) is 3.29. The molecule has 2 heterocycles. The van der Waals surface area contributed by atoms with Crippen molar-refractivity contribution in [1.29, 1.82) is 0 Å². The van der Waals surface area contributed by atoms with E-state index in [9.17, 15) is 9.59 Å². The van der Waals surface area contributed by atoms with Crippen molar-refractivity contribution in [2.75, 3.05) is 16.8 Å². The summed E-state index contributed by atoms with van der Waals surface area (Å²) in [5.74, 6) is 0.457. The predicted octanol–water partition coefficient (Wildman–Crippen LogP) is 4.03. The van der Waals surface area contributed by atoms with Crippen molar-refractivity contribution < 1.29 is 9.59 Å². The van der Waals surface area contributed by atoms with Gasteiger partial charge in [-0.1, -0.05) is 11.6 Å². The molecule has 1 aromatic heterocycles. The minimum Gasteiger partial charge on any atom is -0.325 e. The molecule has 4 rings (SSSR count). The highest BCUT2D eigenvalue weighted by Crippen LogP contribution is 2.23. The summed E-state index contributed by atoms with van der Waals surface area (Å²) in [5, 5.41) is 10.4. The van der Waals surface area contributed by atoms with Crippen molar-refractivity contribution >= 4 is 47.0 Å². The molecule has 1 fully saturated rings. The summed E-state index contributed by atoms with van der Waals surface area (Å²) in [6, 6.07) is 14.4. The molecule has 0 aliphatic carbocycles. The Morgan fingerprint density at radius 2 is 1.90 bits per heavy atom. The van der Waals surface area contributed by atoms with Gasteiger partial charge >= 0.3 is 0 Å². The van der Waals surface area contributed by atoms with Gasteiger partial charge < -0.3 is 10.2 Å². The molecule has 2 amide bonds. The average molecular weight is 428 g/mol. The molecule has 2 N–H and O–H groups in total. The molecule has 0 radical (unpaired) electrons. The summed E-state index contributed by atoms with van der Waals surface area (Å²) in [4.78, 5) is 26.2. The van der Waals surface area contributed by atoms with E-state index in [0.717, 1.165) is 24.2 Å². The van der Waals surface area contributed by atoms with E-state index in [4.69, 9.17) is 23.8 Å². The van der Waals surface area contributed by atoms with Crippen LogP contribution in [0.3, 0.4) is 0 Å². The van der Waals surface area contributed by atoms with E-state index in [1.807, 2.05) is 24.3 Å². The van der Waals surface area contributed by atoms with Crippen LogP contribution in [-0.4, -0.2) is 33.1 Å². The number of nitrogens with zero attached hydrogens (tertiary/aromatic N) is 3. The Balaban J connectivity index is 1.46. The number of carbonyl (C=O) groups is 2. The van der Waals surface area contributed by atoms with E-state index in [1.54, 1.807) is 33.7 Å². The van der Waals surface area contributed by atoms with Crippen LogP contribution in [0.1, 0.15) is 12.8 Å². The first-order chi connectivity index (χ1) is 14.0. The Morgan fingerprint density at radius 3 is 2.55 bits per heavy atom. The number of amides is 2. The number of benzene rings is 2. The number of rotatable bonds is 5. The van der Waals surface area contributed by atoms with Gasteiger partial charge in [0.25, 0.3) is 0 Å². The third kappa shape index (κ3) is 4.23. The minimum atomic E-state index is -0.234. The SMILES string of the molecule is O=C(Cn1c(-c2ccc(Cl)cc2)n[nH]c1=S)Nc1ccc(N2CCCC2=O)cc1. The van der Waals surface area contributed by atoms with Crippen LogP contribution >= 0.6 is 23.8 Å². The minimum absolute atomic E-state index is 0.0135. The van der Waals surface area contributed by atoms with Gasteiger partial charge in [-0.05, 0) is 67.2 Å². The molecule has 7 nitrogen and oxygen atoms in total. The lowest BCUT2D eigenvalue weighted by atomic mass is 10.2. The van der Waals surface area contributed by atoms with Crippen molar-refractivity contribution in [3.8, 4) is 11.4 Å². The van der Waals surface area contributed by atoms with Crippen molar-refractivity contribution in [2.24, 2.45) is 0 Å². The molecular formula is C20H18ClN5O2S. The van der Waals surface area contributed by atoms with E-state index < -0.39 is 0 Å². The van der Waals surface area contributed by atoms with Gasteiger partial charge in [-0.3, -0.25) is 19.3 Å². The van der Waals surface area contributed by atoms with Gasteiger partial charge in [0, 0.05) is 34.9 Å². The fourth-order valence-corrected chi connectivity index (χ4v) is 3.60. The Hall–Kier alpha value is -2.97. The lowest BCUT2D eigenvalue weighted by Gasteiger charge is -2.16. The normalized spacial score (nSPS) is 13.7. The third-order valence-electron chi connectivity index (χ3n) is 4.70. The maximum Gasteiger partial charge on any atom is 0.244 e. The van der Waals surface area contributed by atoms with Crippen LogP contribution in [0.5, 0.6) is 0 Å². The fourth-order valence-electron chi connectivity index (χ4n) is 3.27. The van der Waals surface area contributed by atoms with Gasteiger partial charge in [0.2, 0.25) is 11.8 Å². The molecule has 148 valence electrons. The number of nitrogens with one attached hydrogen (secondary N) is 2. The smallest absolute Gasteiger partial charge is 0.244 e. The highest BCUT2D eigenvalue weighted by molar-refractivity contribution is 7.71. The Morgan fingerprint density at radius 1 is 1.17 bits per heavy atom. The summed E-state index contributed by atoms with van der Waals surface area (Å²) in [5.41, 5.74) is 2.29.